The van der Waals surface area contributed by atoms with Gasteiger partial charge in [-0.25, -0.2) is 9.59 Å². The van der Waals surface area contributed by atoms with Crippen molar-refractivity contribution < 1.29 is 49.1 Å². The number of fused-ring (bicyclic) bond motifs is 4. The minimum Gasteiger partial charge on any atom is -0.508 e. The number of rotatable bonds is 8. The van der Waals surface area contributed by atoms with Crippen LogP contribution in [0, 0.1) is 64.6 Å². The molecule has 2 fully saturated rings. The van der Waals surface area contributed by atoms with Gasteiger partial charge in [0.15, 0.2) is 5.78 Å². The number of hydrogen-bond donors (Lipinski definition) is 4. The van der Waals surface area contributed by atoms with E-state index >= 15 is 4.79 Å². The second kappa shape index (κ2) is 14.5. The summed E-state index contributed by atoms with van der Waals surface area (Å²) in [4.78, 5) is 57.0. The normalized spacial score (nSPS) is 36.8. The van der Waals surface area contributed by atoms with Crippen molar-refractivity contribution in [1.82, 2.24) is 0 Å². The molecule has 2 saturated carbocycles. The highest BCUT2D eigenvalue weighted by Crippen LogP contribution is 2.74. The molecule has 1 aromatic rings. The quantitative estimate of drug-likeness (QED) is 0.0863. The van der Waals surface area contributed by atoms with Crippen molar-refractivity contribution in [2.24, 2.45) is 57.7 Å². The minimum absolute atomic E-state index is 0.0383. The van der Waals surface area contributed by atoms with Gasteiger partial charge in [-0.2, -0.15) is 0 Å². The number of phenolic OH excluding ortho intramolecular Hbond substituents is 2. The number of carbonyl (C=O) groups is 4. The highest BCUT2D eigenvalue weighted by Gasteiger charge is 2.71. The number of benzene rings is 1. The van der Waals surface area contributed by atoms with Crippen LogP contribution in [0.3, 0.4) is 0 Å². The average molecular weight is 821 g/mol. The number of carbonyl (C=O) groups excluding carboxylic acids is 3. The van der Waals surface area contributed by atoms with E-state index in [-0.39, 0.29) is 69.3 Å². The van der Waals surface area contributed by atoms with E-state index in [2.05, 4.69) is 59.8 Å². The summed E-state index contributed by atoms with van der Waals surface area (Å²) in [5, 5.41) is 41.7. The molecule has 1 aliphatic heterocycles. The molecule has 11 unspecified atom stereocenters. The Kier molecular flexibility index (Phi) is 10.1. The second-order valence-corrected chi connectivity index (χ2v) is 20.1. The van der Waals surface area contributed by atoms with Crippen LogP contribution < -0.4 is 0 Å². The van der Waals surface area contributed by atoms with Crippen molar-refractivity contribution in [2.75, 3.05) is 6.61 Å². The first-order chi connectivity index (χ1) is 28.2. The van der Waals surface area contributed by atoms with E-state index in [1.807, 2.05) is 0 Å². The predicted molar refractivity (Wildman–Crippen MR) is 225 cm³/mol. The van der Waals surface area contributed by atoms with Crippen molar-refractivity contribution in [1.29, 1.82) is 0 Å². The first kappa shape index (κ1) is 42.0. The summed E-state index contributed by atoms with van der Waals surface area (Å²) in [6, 6.07) is 2.31. The number of hydrogen-bond acceptors (Lipinski definition) is 9. The second-order valence-electron chi connectivity index (χ2n) is 20.1. The Bertz CT molecular complexity index is 2250. The first-order valence-corrected chi connectivity index (χ1v) is 21.8. The highest BCUT2D eigenvalue weighted by molar-refractivity contribution is 6.24. The Morgan fingerprint density at radius 1 is 1.00 bits per heavy atom. The van der Waals surface area contributed by atoms with Crippen LogP contribution in [-0.4, -0.2) is 62.2 Å². The lowest BCUT2D eigenvalue weighted by molar-refractivity contribution is -0.158. The first-order valence-electron chi connectivity index (χ1n) is 21.8. The molecule has 320 valence electrons. The van der Waals surface area contributed by atoms with Gasteiger partial charge in [0.1, 0.15) is 29.4 Å². The maximum Gasteiger partial charge on any atom is 0.343 e. The summed E-state index contributed by atoms with van der Waals surface area (Å²) in [5.74, 6) is -3.21. The molecule has 1 aromatic carbocycles. The van der Waals surface area contributed by atoms with Gasteiger partial charge in [-0.05, 0) is 134 Å². The third-order valence-electron chi connectivity index (χ3n) is 16.4. The van der Waals surface area contributed by atoms with Gasteiger partial charge in [-0.3, -0.25) is 9.59 Å². The molecular weight excluding hydrogens is 761 g/mol. The Morgan fingerprint density at radius 2 is 1.72 bits per heavy atom. The van der Waals surface area contributed by atoms with Gasteiger partial charge < -0.3 is 29.9 Å². The molecule has 10 nitrogen and oxygen atoms in total. The molecule has 6 aliphatic carbocycles. The maximum atomic E-state index is 16.2. The molecule has 8 rings (SSSR count). The van der Waals surface area contributed by atoms with Crippen LogP contribution in [0.2, 0.25) is 0 Å². The van der Waals surface area contributed by atoms with Crippen LogP contribution in [0.1, 0.15) is 109 Å². The number of esters is 1. The number of Topliss-reactive ketones (excluding diaryl/α,β-unsaturated/α-hetero) is 2. The number of aliphatic carboxylic acids is 1. The standard InChI is InChI=1S/C50H60O10/c1-25(2)26(3)9-10-27(4)36-18-29-23-50(38-20-30-19-31(51)13-15-47(30,6)35-14-16-48(36,7)43(29)42(35)38)37-22-33(11-12-40(54)55)59-24-34(37)44(56)49(8,46(50)58)60-45(57)41-28(5)17-32(52)21-39(41)53/h9-12,17,20-22,25-27,29,31,35-36,38,51-53H,13-16,18-19,23-24H2,1-8H3,(H,54,55)/b10-9+,12-11+. The van der Waals surface area contributed by atoms with Crippen molar-refractivity contribution in [3.05, 3.63) is 93.3 Å². The van der Waals surface area contributed by atoms with Crippen molar-refractivity contribution >= 4 is 23.5 Å². The monoisotopic (exact) mass is 820 g/mol. The molecule has 0 aromatic heterocycles. The van der Waals surface area contributed by atoms with Gasteiger partial charge in [0.25, 0.3) is 0 Å². The van der Waals surface area contributed by atoms with Crippen LogP contribution in [-0.2, 0) is 23.9 Å². The number of aliphatic hydroxyl groups excluding tert-OH is 1. The number of carboxylic acid groups (broad SMARTS) is 1. The van der Waals surface area contributed by atoms with E-state index < -0.39 is 52.3 Å². The molecule has 10 heteroatoms. The number of aliphatic hydroxyl groups is 1. The fraction of sp³-hybridized carbons (Fsp3) is 0.560. The fourth-order valence-electron chi connectivity index (χ4n) is 13.0. The molecule has 4 N–H and O–H groups in total. The summed E-state index contributed by atoms with van der Waals surface area (Å²) in [6.45, 7) is 16.4. The van der Waals surface area contributed by atoms with Crippen molar-refractivity contribution in [3.63, 3.8) is 0 Å². The van der Waals surface area contributed by atoms with E-state index in [1.54, 1.807) is 6.08 Å². The van der Waals surface area contributed by atoms with E-state index in [4.69, 9.17) is 9.47 Å². The highest BCUT2D eigenvalue weighted by atomic mass is 16.6. The Balaban J connectivity index is 1.37. The van der Waals surface area contributed by atoms with Crippen LogP contribution in [0.15, 0.2) is 82.2 Å². The Labute approximate surface area is 352 Å². The zero-order valence-electron chi connectivity index (χ0n) is 36.1. The Morgan fingerprint density at radius 3 is 2.40 bits per heavy atom. The summed E-state index contributed by atoms with van der Waals surface area (Å²) in [6.07, 6.45) is 15.4. The maximum absolute atomic E-state index is 16.2. The van der Waals surface area contributed by atoms with Gasteiger partial charge >= 0.3 is 11.9 Å². The van der Waals surface area contributed by atoms with E-state index in [0.717, 1.165) is 43.4 Å². The number of ketones is 2. The predicted octanol–water partition coefficient (Wildman–Crippen LogP) is 8.66. The van der Waals surface area contributed by atoms with Crippen molar-refractivity contribution in [2.45, 2.75) is 112 Å². The Hall–Kier alpha value is -4.70. The minimum atomic E-state index is -2.34. The number of ether oxygens (including phenoxy) is 2. The zero-order valence-corrected chi connectivity index (χ0v) is 36.1. The summed E-state index contributed by atoms with van der Waals surface area (Å²) in [7, 11) is 0. The molecule has 1 heterocycles. The van der Waals surface area contributed by atoms with Gasteiger partial charge in [0.2, 0.25) is 11.4 Å². The van der Waals surface area contributed by atoms with Crippen LogP contribution in [0.5, 0.6) is 11.5 Å². The summed E-state index contributed by atoms with van der Waals surface area (Å²) in [5.41, 5.74) is 0.208. The van der Waals surface area contributed by atoms with E-state index in [0.29, 0.717) is 36.7 Å². The molecule has 7 aliphatic rings. The molecule has 0 bridgehead atoms. The van der Waals surface area contributed by atoms with E-state index in [9.17, 15) is 34.8 Å². The lowest BCUT2D eigenvalue weighted by Crippen LogP contribution is -2.64. The van der Waals surface area contributed by atoms with Gasteiger partial charge in [-0.1, -0.05) is 76.5 Å². The van der Waals surface area contributed by atoms with Gasteiger partial charge in [-0.15, -0.1) is 0 Å². The van der Waals surface area contributed by atoms with Gasteiger partial charge in [0.05, 0.1) is 11.5 Å². The third-order valence-corrected chi connectivity index (χ3v) is 16.4. The van der Waals surface area contributed by atoms with Crippen LogP contribution in [0.4, 0.5) is 0 Å². The lowest BCUT2D eigenvalue weighted by atomic mass is 9.41. The number of aryl methyl sites for hydroxylation is 1. The van der Waals surface area contributed by atoms with Gasteiger partial charge in [0, 0.05) is 23.6 Å². The van der Waals surface area contributed by atoms with Crippen LogP contribution in [0.25, 0.3) is 0 Å². The number of phenols is 2. The zero-order chi connectivity index (χ0) is 43.4. The number of carboxylic acids is 1. The van der Waals surface area contributed by atoms with Crippen molar-refractivity contribution in [3.8, 4) is 11.5 Å². The molecular formula is C50H60O10. The van der Waals surface area contributed by atoms with Crippen LogP contribution >= 0.6 is 0 Å². The topological polar surface area (TPSA) is 168 Å². The smallest absolute Gasteiger partial charge is 0.343 e. The largest absolute Gasteiger partial charge is 0.508 e. The third kappa shape index (κ3) is 6.12. The molecule has 1 spiro atoms. The number of aromatic hydroxyl groups is 2. The summed E-state index contributed by atoms with van der Waals surface area (Å²) >= 11 is 0. The average Bonchev–Trinajstić information content (AvgIpc) is 3.48. The fourth-order valence-corrected chi connectivity index (χ4v) is 13.0. The van der Waals surface area contributed by atoms with E-state index in [1.165, 1.54) is 37.1 Å². The molecule has 0 amide bonds. The SMILES string of the molecule is Cc1cc(O)cc(O)c1C(=O)OC1(C)C(=O)C2=C(C=C(/C=C/C(=O)O)OC2)C2(CC3CC(C(C)/C=C/C(C)C(C)C)C4(C)CCC5C(=C34)C2C=C2CC(O)CCC25C)C1=O. The molecule has 0 radical (unpaired) electrons. The molecule has 0 saturated heterocycles. The lowest BCUT2D eigenvalue weighted by Gasteiger charge is -2.62. The summed E-state index contributed by atoms with van der Waals surface area (Å²) < 4.78 is 12.2. The molecule has 60 heavy (non-hydrogen) atoms. The number of allylic oxidation sites excluding steroid dienone is 8. The molecule has 11 atom stereocenters.